The molecule has 2 aromatic rings. The van der Waals surface area contributed by atoms with Crippen LogP contribution in [0.5, 0.6) is 5.75 Å². The maximum Gasteiger partial charge on any atom is 0.211 e. The minimum absolute atomic E-state index is 0.638. The summed E-state index contributed by atoms with van der Waals surface area (Å²) in [6, 6.07) is 12.2. The van der Waals surface area contributed by atoms with Gasteiger partial charge in [-0.1, -0.05) is 23.7 Å². The molecule has 1 aliphatic carbocycles. The number of hydrogen-bond acceptors (Lipinski definition) is 5. The van der Waals surface area contributed by atoms with Crippen molar-refractivity contribution in [3.05, 3.63) is 47.0 Å². The van der Waals surface area contributed by atoms with Gasteiger partial charge in [0.25, 0.3) is 0 Å². The smallest absolute Gasteiger partial charge is 0.211 e. The standard InChI is InChI=1S/C17H16ClN3OS/c1-22-14-8-12(18)9-15-16(14)20-17(21-23-15)19-13-4-2-3-11(7-13)10-5-6-10/h2-4,7-10H,5-6H2,1H3,(H2,19,20,21). The minimum Gasteiger partial charge on any atom is -0.494 e. The van der Waals surface area contributed by atoms with Crippen LogP contribution in [0.4, 0.5) is 11.4 Å². The minimum atomic E-state index is 0.638. The van der Waals surface area contributed by atoms with Crippen LogP contribution in [-0.4, -0.2) is 13.1 Å². The summed E-state index contributed by atoms with van der Waals surface area (Å²) >= 11 is 7.57. The van der Waals surface area contributed by atoms with E-state index in [1.54, 1.807) is 13.2 Å². The summed E-state index contributed by atoms with van der Waals surface area (Å²) in [4.78, 5) is 5.58. The zero-order valence-electron chi connectivity index (χ0n) is 12.6. The van der Waals surface area contributed by atoms with Gasteiger partial charge in [-0.05, 0) is 54.5 Å². The number of ether oxygens (including phenoxy) is 1. The van der Waals surface area contributed by atoms with Crippen LogP contribution < -0.4 is 14.8 Å². The van der Waals surface area contributed by atoms with E-state index in [9.17, 15) is 0 Å². The first-order valence-corrected chi connectivity index (χ1v) is 8.68. The predicted octanol–water partition coefficient (Wildman–Crippen LogP) is 4.94. The van der Waals surface area contributed by atoms with E-state index >= 15 is 0 Å². The van der Waals surface area contributed by atoms with E-state index in [2.05, 4.69) is 39.3 Å². The van der Waals surface area contributed by atoms with Crippen molar-refractivity contribution in [2.45, 2.75) is 23.7 Å². The molecular weight excluding hydrogens is 330 g/mol. The van der Waals surface area contributed by atoms with Gasteiger partial charge < -0.3 is 10.1 Å². The number of halogens is 1. The number of fused-ring (bicyclic) bond motifs is 1. The predicted molar refractivity (Wildman–Crippen MR) is 96.1 cm³/mol. The number of aliphatic imine (C=N–C) groups is 1. The molecule has 4 nitrogen and oxygen atoms in total. The molecule has 0 spiro atoms. The second-order valence-electron chi connectivity index (χ2n) is 5.64. The molecule has 4 rings (SSSR count). The summed E-state index contributed by atoms with van der Waals surface area (Å²) in [7, 11) is 1.63. The molecule has 23 heavy (non-hydrogen) atoms. The normalized spacial score (nSPS) is 16.2. The quantitative estimate of drug-likeness (QED) is 0.774. The van der Waals surface area contributed by atoms with Crippen molar-refractivity contribution in [3.63, 3.8) is 0 Å². The van der Waals surface area contributed by atoms with Crippen molar-refractivity contribution in [1.29, 1.82) is 0 Å². The third-order valence-corrected chi connectivity index (χ3v) is 4.95. The number of methoxy groups -OCH3 is 1. The maximum absolute atomic E-state index is 6.09. The second-order valence-corrected chi connectivity index (χ2v) is 6.93. The first kappa shape index (κ1) is 14.7. The summed E-state index contributed by atoms with van der Waals surface area (Å²) < 4.78 is 8.60. The highest BCUT2D eigenvalue weighted by molar-refractivity contribution is 7.98. The van der Waals surface area contributed by atoms with Gasteiger partial charge in [0.15, 0.2) is 0 Å². The number of benzene rings is 2. The maximum atomic E-state index is 6.09. The molecule has 0 radical (unpaired) electrons. The third-order valence-electron chi connectivity index (χ3n) is 3.90. The Morgan fingerprint density at radius 1 is 1.30 bits per heavy atom. The van der Waals surface area contributed by atoms with Crippen LogP contribution in [0.1, 0.15) is 24.3 Å². The van der Waals surface area contributed by atoms with Gasteiger partial charge >= 0.3 is 0 Å². The highest BCUT2D eigenvalue weighted by Gasteiger charge is 2.23. The average Bonchev–Trinajstić information content (AvgIpc) is 3.39. The topological polar surface area (TPSA) is 45.6 Å². The Hall–Kier alpha value is -1.85. The SMILES string of the molecule is COc1cc(Cl)cc2c1N=C(Nc1cccc(C3CC3)c1)NS2. The van der Waals surface area contributed by atoms with Crippen LogP contribution in [0, 0.1) is 0 Å². The fourth-order valence-electron chi connectivity index (χ4n) is 2.61. The highest BCUT2D eigenvalue weighted by Crippen LogP contribution is 2.42. The zero-order chi connectivity index (χ0) is 15.8. The molecule has 1 saturated carbocycles. The molecule has 2 aliphatic rings. The lowest BCUT2D eigenvalue weighted by molar-refractivity contribution is 0.415. The Bertz CT molecular complexity index is 789. The second kappa shape index (κ2) is 5.98. The van der Waals surface area contributed by atoms with Crippen molar-refractivity contribution in [2.24, 2.45) is 4.99 Å². The summed E-state index contributed by atoms with van der Waals surface area (Å²) in [5.74, 6) is 2.10. The molecule has 118 valence electrons. The molecule has 1 aliphatic heterocycles. The summed E-state index contributed by atoms with van der Waals surface area (Å²) in [5.41, 5.74) is 3.22. The van der Waals surface area contributed by atoms with Crippen LogP contribution in [0.15, 0.2) is 46.3 Å². The van der Waals surface area contributed by atoms with Gasteiger partial charge in [0.2, 0.25) is 5.96 Å². The molecule has 0 amide bonds. The van der Waals surface area contributed by atoms with Gasteiger partial charge in [0, 0.05) is 16.8 Å². The molecule has 0 unspecified atom stereocenters. The molecule has 1 fully saturated rings. The molecular formula is C17H16ClN3OS. The van der Waals surface area contributed by atoms with Crippen molar-refractivity contribution in [3.8, 4) is 5.75 Å². The lowest BCUT2D eigenvalue weighted by atomic mass is 10.1. The largest absolute Gasteiger partial charge is 0.494 e. The lowest BCUT2D eigenvalue weighted by Crippen LogP contribution is -2.27. The number of anilines is 1. The van der Waals surface area contributed by atoms with Gasteiger partial charge in [-0.15, -0.1) is 0 Å². The Kier molecular flexibility index (Phi) is 3.83. The number of guanidine groups is 1. The number of rotatable bonds is 3. The Morgan fingerprint density at radius 2 is 2.17 bits per heavy atom. The van der Waals surface area contributed by atoms with Crippen LogP contribution >= 0.6 is 23.5 Å². The summed E-state index contributed by atoms with van der Waals surface area (Å²) in [5, 5.41) is 3.98. The number of nitrogens with zero attached hydrogens (tertiary/aromatic N) is 1. The van der Waals surface area contributed by atoms with E-state index in [0.29, 0.717) is 16.7 Å². The van der Waals surface area contributed by atoms with E-state index in [4.69, 9.17) is 16.3 Å². The zero-order valence-corrected chi connectivity index (χ0v) is 14.2. The molecule has 0 saturated heterocycles. The molecule has 2 aromatic carbocycles. The van der Waals surface area contributed by atoms with Gasteiger partial charge in [-0.25, -0.2) is 4.99 Å². The van der Waals surface area contributed by atoms with Crippen molar-refractivity contribution < 1.29 is 4.74 Å². The van der Waals surface area contributed by atoms with Gasteiger partial charge in [0.1, 0.15) is 11.4 Å². The van der Waals surface area contributed by atoms with Crippen LogP contribution in [0.3, 0.4) is 0 Å². The molecule has 6 heteroatoms. The Morgan fingerprint density at radius 3 is 2.96 bits per heavy atom. The Labute approximate surface area is 144 Å². The molecule has 2 N–H and O–H groups in total. The van der Waals surface area contributed by atoms with Crippen molar-refractivity contribution in [1.82, 2.24) is 4.72 Å². The molecule has 0 atom stereocenters. The molecule has 0 bridgehead atoms. The van der Waals surface area contributed by atoms with Gasteiger partial charge in [0.05, 0.1) is 12.0 Å². The van der Waals surface area contributed by atoms with Crippen LogP contribution in [0.25, 0.3) is 0 Å². The van der Waals surface area contributed by atoms with Crippen molar-refractivity contribution >= 4 is 40.9 Å². The van der Waals surface area contributed by atoms with E-state index in [1.165, 1.54) is 30.4 Å². The van der Waals surface area contributed by atoms with Gasteiger partial charge in [-0.3, -0.25) is 4.72 Å². The first-order chi connectivity index (χ1) is 11.2. The summed E-state index contributed by atoms with van der Waals surface area (Å²) in [6.07, 6.45) is 2.59. The van der Waals surface area contributed by atoms with E-state index in [-0.39, 0.29) is 0 Å². The van der Waals surface area contributed by atoms with E-state index in [0.717, 1.165) is 22.2 Å². The van der Waals surface area contributed by atoms with E-state index in [1.807, 2.05) is 6.07 Å². The molecule has 1 heterocycles. The van der Waals surface area contributed by atoms with Crippen LogP contribution in [0.2, 0.25) is 5.02 Å². The number of nitrogens with one attached hydrogen (secondary N) is 2. The first-order valence-electron chi connectivity index (χ1n) is 7.49. The van der Waals surface area contributed by atoms with Crippen LogP contribution in [-0.2, 0) is 0 Å². The number of hydrogen-bond donors (Lipinski definition) is 2. The average molecular weight is 346 g/mol. The van der Waals surface area contributed by atoms with E-state index < -0.39 is 0 Å². The highest BCUT2D eigenvalue weighted by atomic mass is 35.5. The summed E-state index contributed by atoms with van der Waals surface area (Å²) in [6.45, 7) is 0. The van der Waals surface area contributed by atoms with Crippen molar-refractivity contribution in [2.75, 3.05) is 12.4 Å². The Balaban J connectivity index is 1.62. The fourth-order valence-corrected chi connectivity index (χ4v) is 3.61. The lowest BCUT2D eigenvalue weighted by Gasteiger charge is -2.20. The third kappa shape index (κ3) is 3.12. The van der Waals surface area contributed by atoms with Gasteiger partial charge in [-0.2, -0.15) is 0 Å². The molecule has 0 aromatic heterocycles. The monoisotopic (exact) mass is 345 g/mol. The fraction of sp³-hybridized carbons (Fsp3) is 0.235.